The number of benzene rings is 2. The second-order valence-electron chi connectivity index (χ2n) is 6.57. The van der Waals surface area contributed by atoms with Crippen molar-refractivity contribution in [2.75, 3.05) is 26.7 Å². The van der Waals surface area contributed by atoms with Gasteiger partial charge in [-0.2, -0.15) is 0 Å². The normalized spacial score (nSPS) is 15.6. The number of carbonyl (C=O) groups excluding carboxylic acids is 1. The molecule has 1 heterocycles. The van der Waals surface area contributed by atoms with Gasteiger partial charge < -0.3 is 10.1 Å². The van der Waals surface area contributed by atoms with Crippen LogP contribution in [0.1, 0.15) is 30.0 Å². The SMILES string of the molecule is COc1ccccc1C(CNC(=O)Cc1ccccc1F)N1CCCC1. The summed E-state index contributed by atoms with van der Waals surface area (Å²) in [5.74, 6) is 0.311. The van der Waals surface area contributed by atoms with Crippen LogP contribution in [0.3, 0.4) is 0 Å². The van der Waals surface area contributed by atoms with E-state index in [0.29, 0.717) is 12.1 Å². The van der Waals surface area contributed by atoms with Crippen LogP contribution in [0.2, 0.25) is 0 Å². The van der Waals surface area contributed by atoms with E-state index in [-0.39, 0.29) is 24.2 Å². The number of hydrogen-bond donors (Lipinski definition) is 1. The Bertz CT molecular complexity index is 744. The van der Waals surface area contributed by atoms with Crippen molar-refractivity contribution in [2.45, 2.75) is 25.3 Å². The fourth-order valence-corrected chi connectivity index (χ4v) is 3.52. The lowest BCUT2D eigenvalue weighted by atomic mass is 10.0. The zero-order chi connectivity index (χ0) is 18.4. The summed E-state index contributed by atoms with van der Waals surface area (Å²) in [6.07, 6.45) is 2.37. The Morgan fingerprint density at radius 3 is 2.58 bits per heavy atom. The molecule has 0 saturated carbocycles. The molecule has 1 amide bonds. The summed E-state index contributed by atoms with van der Waals surface area (Å²) in [7, 11) is 1.66. The van der Waals surface area contributed by atoms with Crippen LogP contribution < -0.4 is 10.1 Å². The Morgan fingerprint density at radius 2 is 1.85 bits per heavy atom. The molecule has 5 heteroatoms. The first-order valence-electron chi connectivity index (χ1n) is 9.06. The van der Waals surface area contributed by atoms with Gasteiger partial charge in [0, 0.05) is 12.1 Å². The monoisotopic (exact) mass is 356 g/mol. The third-order valence-electron chi connectivity index (χ3n) is 4.88. The van der Waals surface area contributed by atoms with Gasteiger partial charge in [-0.3, -0.25) is 9.69 Å². The molecular formula is C21H25FN2O2. The summed E-state index contributed by atoms with van der Waals surface area (Å²) >= 11 is 0. The minimum absolute atomic E-state index is 0.0469. The smallest absolute Gasteiger partial charge is 0.224 e. The molecule has 2 aromatic carbocycles. The summed E-state index contributed by atoms with van der Waals surface area (Å²) < 4.78 is 19.3. The van der Waals surface area contributed by atoms with E-state index >= 15 is 0 Å². The largest absolute Gasteiger partial charge is 0.496 e. The van der Waals surface area contributed by atoms with E-state index in [0.717, 1.165) is 37.2 Å². The molecule has 1 fully saturated rings. The number of carbonyl (C=O) groups is 1. The highest BCUT2D eigenvalue weighted by atomic mass is 19.1. The third kappa shape index (κ3) is 4.41. The van der Waals surface area contributed by atoms with Crippen LogP contribution >= 0.6 is 0 Å². The van der Waals surface area contributed by atoms with Gasteiger partial charge in [0.05, 0.1) is 19.6 Å². The second kappa shape index (κ2) is 8.81. The highest BCUT2D eigenvalue weighted by molar-refractivity contribution is 5.78. The number of nitrogens with one attached hydrogen (secondary N) is 1. The summed E-state index contributed by atoms with van der Waals surface area (Å²) in [4.78, 5) is 14.7. The van der Waals surface area contributed by atoms with Crippen molar-refractivity contribution >= 4 is 5.91 Å². The maximum absolute atomic E-state index is 13.8. The van der Waals surface area contributed by atoms with Gasteiger partial charge in [-0.15, -0.1) is 0 Å². The molecule has 4 nitrogen and oxygen atoms in total. The van der Waals surface area contributed by atoms with Crippen LogP contribution in [0.25, 0.3) is 0 Å². The van der Waals surface area contributed by atoms with Crippen LogP contribution in [-0.4, -0.2) is 37.6 Å². The molecule has 26 heavy (non-hydrogen) atoms. The first-order valence-corrected chi connectivity index (χ1v) is 9.06. The molecule has 0 bridgehead atoms. The van der Waals surface area contributed by atoms with Gasteiger partial charge in [0.2, 0.25) is 5.91 Å². The van der Waals surface area contributed by atoms with Crippen molar-refractivity contribution in [1.82, 2.24) is 10.2 Å². The molecule has 1 aliphatic rings. The third-order valence-corrected chi connectivity index (χ3v) is 4.88. The van der Waals surface area contributed by atoms with Gasteiger partial charge in [0.25, 0.3) is 0 Å². The van der Waals surface area contributed by atoms with Gasteiger partial charge >= 0.3 is 0 Å². The first kappa shape index (κ1) is 18.4. The fourth-order valence-electron chi connectivity index (χ4n) is 3.52. The number of methoxy groups -OCH3 is 1. The second-order valence-corrected chi connectivity index (χ2v) is 6.57. The number of ether oxygens (including phenoxy) is 1. The van der Waals surface area contributed by atoms with Gasteiger partial charge in [-0.25, -0.2) is 4.39 Å². The zero-order valence-corrected chi connectivity index (χ0v) is 15.1. The minimum Gasteiger partial charge on any atom is -0.496 e. The van der Waals surface area contributed by atoms with E-state index < -0.39 is 0 Å². The van der Waals surface area contributed by atoms with Crippen molar-refractivity contribution in [3.63, 3.8) is 0 Å². The summed E-state index contributed by atoms with van der Waals surface area (Å²) in [6, 6.07) is 14.4. The lowest BCUT2D eigenvalue weighted by molar-refractivity contribution is -0.120. The molecule has 1 saturated heterocycles. The van der Waals surface area contributed by atoms with Gasteiger partial charge in [-0.05, 0) is 43.6 Å². The fraction of sp³-hybridized carbons (Fsp3) is 0.381. The van der Waals surface area contributed by atoms with Crippen LogP contribution in [0.15, 0.2) is 48.5 Å². The van der Waals surface area contributed by atoms with Gasteiger partial charge in [0.15, 0.2) is 0 Å². The van der Waals surface area contributed by atoms with E-state index in [4.69, 9.17) is 4.74 Å². The van der Waals surface area contributed by atoms with Crippen LogP contribution in [0, 0.1) is 5.82 Å². The van der Waals surface area contributed by atoms with E-state index in [9.17, 15) is 9.18 Å². The molecule has 1 aliphatic heterocycles. The highest BCUT2D eigenvalue weighted by Gasteiger charge is 2.26. The quantitative estimate of drug-likeness (QED) is 0.827. The molecule has 0 aromatic heterocycles. The number of halogens is 1. The maximum Gasteiger partial charge on any atom is 0.224 e. The topological polar surface area (TPSA) is 41.6 Å². The number of rotatable bonds is 7. The Labute approximate surface area is 154 Å². The average molecular weight is 356 g/mol. The number of nitrogens with zero attached hydrogens (tertiary/aromatic N) is 1. The van der Waals surface area contributed by atoms with Gasteiger partial charge in [-0.1, -0.05) is 36.4 Å². The standard InChI is InChI=1S/C21H25FN2O2/c1-26-20-11-5-3-9-17(20)19(24-12-6-7-13-24)15-23-21(25)14-16-8-2-4-10-18(16)22/h2-5,8-11,19H,6-7,12-15H2,1H3,(H,23,25). The molecule has 0 aliphatic carbocycles. The molecule has 1 atom stereocenters. The van der Waals surface area contributed by atoms with E-state index in [1.165, 1.54) is 6.07 Å². The molecule has 138 valence electrons. The highest BCUT2D eigenvalue weighted by Crippen LogP contribution is 2.31. The van der Waals surface area contributed by atoms with Crippen LogP contribution in [0.5, 0.6) is 5.75 Å². The number of likely N-dealkylation sites (tertiary alicyclic amines) is 1. The van der Waals surface area contributed by atoms with Crippen molar-refractivity contribution in [1.29, 1.82) is 0 Å². The van der Waals surface area contributed by atoms with Crippen molar-refractivity contribution < 1.29 is 13.9 Å². The minimum atomic E-state index is -0.344. The Balaban J connectivity index is 1.70. The van der Waals surface area contributed by atoms with E-state index in [1.54, 1.807) is 25.3 Å². The van der Waals surface area contributed by atoms with Crippen LogP contribution in [0.4, 0.5) is 4.39 Å². The molecular weight excluding hydrogens is 331 g/mol. The molecule has 1 N–H and O–H groups in total. The molecule has 0 radical (unpaired) electrons. The Morgan fingerprint density at radius 1 is 1.15 bits per heavy atom. The van der Waals surface area contributed by atoms with E-state index in [1.807, 2.05) is 24.3 Å². The van der Waals surface area contributed by atoms with Crippen molar-refractivity contribution in [3.8, 4) is 5.75 Å². The summed E-state index contributed by atoms with van der Waals surface area (Å²) in [5.41, 5.74) is 1.49. The van der Waals surface area contributed by atoms with Crippen molar-refractivity contribution in [3.05, 3.63) is 65.5 Å². The number of hydrogen-bond acceptors (Lipinski definition) is 3. The lowest BCUT2D eigenvalue weighted by Crippen LogP contribution is -2.37. The predicted octanol–water partition coefficient (Wildman–Crippen LogP) is 3.33. The maximum atomic E-state index is 13.8. The summed E-state index contributed by atoms with van der Waals surface area (Å²) in [5, 5.41) is 2.98. The molecule has 1 unspecified atom stereocenters. The Hall–Kier alpha value is -2.40. The Kier molecular flexibility index (Phi) is 6.23. The summed E-state index contributed by atoms with van der Waals surface area (Å²) in [6.45, 7) is 2.49. The van der Waals surface area contributed by atoms with Crippen molar-refractivity contribution in [2.24, 2.45) is 0 Å². The van der Waals surface area contributed by atoms with Gasteiger partial charge in [0.1, 0.15) is 11.6 Å². The van der Waals surface area contributed by atoms with E-state index in [2.05, 4.69) is 10.2 Å². The number of amides is 1. The van der Waals surface area contributed by atoms with Crippen LogP contribution in [-0.2, 0) is 11.2 Å². The average Bonchev–Trinajstić information content (AvgIpc) is 3.19. The molecule has 3 rings (SSSR count). The molecule has 0 spiro atoms. The first-order chi connectivity index (χ1) is 12.7. The predicted molar refractivity (Wildman–Crippen MR) is 99.7 cm³/mol. The lowest BCUT2D eigenvalue weighted by Gasteiger charge is -2.29. The number of para-hydroxylation sites is 1. The molecule has 2 aromatic rings. The zero-order valence-electron chi connectivity index (χ0n) is 15.1.